The largest absolute Gasteiger partial charge is 0.390 e. The van der Waals surface area contributed by atoms with Crippen LogP contribution in [0.1, 0.15) is 12.8 Å². The lowest BCUT2D eigenvalue weighted by Crippen LogP contribution is -2.31. The molecule has 0 aromatic carbocycles. The SMILES string of the molecule is O=[N+]([O-])c1cnn(CC(O)CNC2CC2)c1. The lowest BCUT2D eigenvalue weighted by atomic mass is 10.3. The minimum absolute atomic E-state index is 0.0534. The second kappa shape index (κ2) is 4.58. The smallest absolute Gasteiger partial charge is 0.306 e. The van der Waals surface area contributed by atoms with Gasteiger partial charge in [-0.15, -0.1) is 0 Å². The molecule has 1 fully saturated rings. The van der Waals surface area contributed by atoms with Crippen LogP contribution in [0.3, 0.4) is 0 Å². The fourth-order valence-corrected chi connectivity index (χ4v) is 1.42. The van der Waals surface area contributed by atoms with Gasteiger partial charge in [-0.3, -0.25) is 14.8 Å². The average Bonchev–Trinajstić information content (AvgIpc) is 2.95. The van der Waals surface area contributed by atoms with Crippen LogP contribution in [-0.4, -0.2) is 38.5 Å². The van der Waals surface area contributed by atoms with Gasteiger partial charge in [-0.25, -0.2) is 0 Å². The summed E-state index contributed by atoms with van der Waals surface area (Å²) in [5.41, 5.74) is -0.0534. The van der Waals surface area contributed by atoms with Gasteiger partial charge < -0.3 is 10.4 Å². The third kappa shape index (κ3) is 3.01. The summed E-state index contributed by atoms with van der Waals surface area (Å²) in [6, 6.07) is 0.543. The third-order valence-corrected chi connectivity index (χ3v) is 2.45. The normalized spacial score (nSPS) is 17.3. The Bertz CT molecular complexity index is 375. The fourth-order valence-electron chi connectivity index (χ4n) is 1.42. The average molecular weight is 226 g/mol. The van der Waals surface area contributed by atoms with Crippen LogP contribution in [0.5, 0.6) is 0 Å². The first-order valence-electron chi connectivity index (χ1n) is 5.23. The highest BCUT2D eigenvalue weighted by Gasteiger charge is 2.21. The molecule has 1 unspecified atom stereocenters. The van der Waals surface area contributed by atoms with E-state index in [-0.39, 0.29) is 12.2 Å². The highest BCUT2D eigenvalue weighted by Crippen LogP contribution is 2.18. The van der Waals surface area contributed by atoms with Crippen molar-refractivity contribution in [2.45, 2.75) is 31.5 Å². The highest BCUT2D eigenvalue weighted by molar-refractivity contribution is 5.20. The van der Waals surface area contributed by atoms with E-state index >= 15 is 0 Å². The molecule has 16 heavy (non-hydrogen) atoms. The Morgan fingerprint density at radius 3 is 3.06 bits per heavy atom. The molecule has 7 heteroatoms. The molecule has 1 aliphatic carbocycles. The van der Waals surface area contributed by atoms with Crippen molar-refractivity contribution < 1.29 is 10.0 Å². The number of aliphatic hydroxyl groups excluding tert-OH is 1. The van der Waals surface area contributed by atoms with Crippen LogP contribution in [-0.2, 0) is 6.54 Å². The van der Waals surface area contributed by atoms with Crippen LogP contribution in [0.15, 0.2) is 12.4 Å². The Morgan fingerprint density at radius 2 is 2.50 bits per heavy atom. The molecule has 0 aliphatic heterocycles. The molecule has 0 spiro atoms. The first-order chi connectivity index (χ1) is 7.65. The van der Waals surface area contributed by atoms with Crippen LogP contribution in [0.25, 0.3) is 0 Å². The molecule has 88 valence electrons. The van der Waals surface area contributed by atoms with E-state index in [1.807, 2.05) is 0 Å². The van der Waals surface area contributed by atoms with Crippen molar-refractivity contribution in [3.05, 3.63) is 22.5 Å². The van der Waals surface area contributed by atoms with E-state index in [0.717, 1.165) is 0 Å². The Balaban J connectivity index is 1.79. The van der Waals surface area contributed by atoms with Gasteiger partial charge in [0.25, 0.3) is 0 Å². The number of hydrogen-bond acceptors (Lipinski definition) is 5. The van der Waals surface area contributed by atoms with Crippen LogP contribution in [0.4, 0.5) is 5.69 Å². The molecular formula is C9H14N4O3. The van der Waals surface area contributed by atoms with Crippen molar-refractivity contribution in [2.24, 2.45) is 0 Å². The standard InChI is InChI=1S/C9H14N4O3/c14-9(4-10-7-1-2-7)6-12-5-8(3-11-12)13(15)16/h3,5,7,9-10,14H,1-2,4,6H2. The van der Waals surface area contributed by atoms with E-state index in [9.17, 15) is 15.2 Å². The molecule has 2 N–H and O–H groups in total. The van der Waals surface area contributed by atoms with Crippen molar-refractivity contribution in [1.29, 1.82) is 0 Å². The molecule has 0 radical (unpaired) electrons. The predicted octanol–water partition coefficient (Wildman–Crippen LogP) is -0.0958. The topological polar surface area (TPSA) is 93.2 Å². The summed E-state index contributed by atoms with van der Waals surface area (Å²) in [4.78, 5) is 9.90. The minimum Gasteiger partial charge on any atom is -0.390 e. The predicted molar refractivity (Wildman–Crippen MR) is 55.9 cm³/mol. The number of hydrogen-bond donors (Lipinski definition) is 2. The van der Waals surface area contributed by atoms with E-state index in [0.29, 0.717) is 12.6 Å². The number of nitrogens with one attached hydrogen (secondary N) is 1. The zero-order valence-corrected chi connectivity index (χ0v) is 8.74. The molecule has 0 saturated heterocycles. The molecule has 1 aliphatic rings. The molecule has 2 rings (SSSR count). The Hall–Kier alpha value is -1.47. The maximum absolute atomic E-state index is 10.4. The van der Waals surface area contributed by atoms with Crippen molar-refractivity contribution in [1.82, 2.24) is 15.1 Å². The second-order valence-corrected chi connectivity index (χ2v) is 4.01. The van der Waals surface area contributed by atoms with Crippen molar-refractivity contribution in [3.63, 3.8) is 0 Å². The number of nitrogens with zero attached hydrogens (tertiary/aromatic N) is 3. The number of aromatic nitrogens is 2. The molecule has 0 bridgehead atoms. The molecule has 1 aromatic heterocycles. The van der Waals surface area contributed by atoms with E-state index in [4.69, 9.17) is 0 Å². The van der Waals surface area contributed by atoms with Gasteiger partial charge in [-0.05, 0) is 12.8 Å². The lowest BCUT2D eigenvalue weighted by Gasteiger charge is -2.10. The van der Waals surface area contributed by atoms with Gasteiger partial charge in [0.15, 0.2) is 0 Å². The second-order valence-electron chi connectivity index (χ2n) is 4.01. The maximum Gasteiger partial charge on any atom is 0.306 e. The molecule has 1 heterocycles. The summed E-state index contributed by atoms with van der Waals surface area (Å²) in [7, 11) is 0. The molecule has 0 amide bonds. The zero-order chi connectivity index (χ0) is 11.5. The van der Waals surface area contributed by atoms with Crippen LogP contribution in [0.2, 0.25) is 0 Å². The van der Waals surface area contributed by atoms with Gasteiger partial charge in [0.05, 0.1) is 17.6 Å². The minimum atomic E-state index is -0.569. The summed E-state index contributed by atoms with van der Waals surface area (Å²) in [5.74, 6) is 0. The van der Waals surface area contributed by atoms with Crippen molar-refractivity contribution in [2.75, 3.05) is 6.54 Å². The van der Waals surface area contributed by atoms with E-state index in [2.05, 4.69) is 10.4 Å². The van der Waals surface area contributed by atoms with Crippen LogP contribution < -0.4 is 5.32 Å². The molecule has 7 nitrogen and oxygen atoms in total. The first kappa shape index (κ1) is 11.0. The third-order valence-electron chi connectivity index (χ3n) is 2.45. The number of rotatable bonds is 6. The zero-order valence-electron chi connectivity index (χ0n) is 8.74. The molecular weight excluding hydrogens is 212 g/mol. The van der Waals surface area contributed by atoms with Crippen LogP contribution >= 0.6 is 0 Å². The summed E-state index contributed by atoms with van der Waals surface area (Å²) < 4.78 is 1.39. The van der Waals surface area contributed by atoms with E-state index < -0.39 is 11.0 Å². The quantitative estimate of drug-likeness (QED) is 0.522. The van der Waals surface area contributed by atoms with Gasteiger partial charge in [0, 0.05) is 12.6 Å². The summed E-state index contributed by atoms with van der Waals surface area (Å²) in [6.07, 6.45) is 4.27. The summed E-state index contributed by atoms with van der Waals surface area (Å²) in [5, 5.41) is 27.0. The summed E-state index contributed by atoms with van der Waals surface area (Å²) >= 11 is 0. The highest BCUT2D eigenvalue weighted by atomic mass is 16.6. The monoisotopic (exact) mass is 226 g/mol. The Kier molecular flexibility index (Phi) is 3.16. The Morgan fingerprint density at radius 1 is 1.75 bits per heavy atom. The van der Waals surface area contributed by atoms with Crippen molar-refractivity contribution in [3.8, 4) is 0 Å². The van der Waals surface area contributed by atoms with Gasteiger partial charge in [0.2, 0.25) is 0 Å². The lowest BCUT2D eigenvalue weighted by molar-refractivity contribution is -0.385. The van der Waals surface area contributed by atoms with Gasteiger partial charge >= 0.3 is 5.69 Å². The number of aliphatic hydroxyl groups is 1. The molecule has 1 saturated carbocycles. The molecule has 1 aromatic rings. The first-order valence-corrected chi connectivity index (χ1v) is 5.23. The Labute approximate surface area is 92.2 Å². The fraction of sp³-hybridized carbons (Fsp3) is 0.667. The van der Waals surface area contributed by atoms with Crippen LogP contribution in [0, 0.1) is 10.1 Å². The maximum atomic E-state index is 10.4. The van der Waals surface area contributed by atoms with Gasteiger partial charge in [-0.1, -0.05) is 0 Å². The number of nitro groups is 1. The van der Waals surface area contributed by atoms with Crippen molar-refractivity contribution >= 4 is 5.69 Å². The van der Waals surface area contributed by atoms with Gasteiger partial charge in [-0.2, -0.15) is 5.10 Å². The van der Waals surface area contributed by atoms with E-state index in [1.165, 1.54) is 29.9 Å². The van der Waals surface area contributed by atoms with E-state index in [1.54, 1.807) is 0 Å². The van der Waals surface area contributed by atoms with Gasteiger partial charge in [0.1, 0.15) is 12.4 Å². The summed E-state index contributed by atoms with van der Waals surface area (Å²) in [6.45, 7) is 0.770. The molecule has 1 atom stereocenters.